The molecule has 55 heavy (non-hydrogen) atoms. The smallest absolute Gasteiger partial charge is 0.308 e. The maximum absolute atomic E-state index is 12.4. The van der Waals surface area contributed by atoms with Crippen molar-refractivity contribution in [1.29, 1.82) is 0 Å². The number of carbonyl (C=O) groups is 1. The number of aryl methyl sites for hydroxylation is 1. The summed E-state index contributed by atoms with van der Waals surface area (Å²) in [5.74, 6) is 0.615. The molecule has 3 heterocycles. The van der Waals surface area contributed by atoms with E-state index in [4.69, 9.17) is 14.2 Å². The highest BCUT2D eigenvalue weighted by Crippen LogP contribution is 2.28. The molecule has 0 saturated carbocycles. The largest absolute Gasteiger partial charge is 0.462 e. The molecule has 2 aromatic rings. The quantitative estimate of drug-likeness (QED) is 0.186. The van der Waals surface area contributed by atoms with Crippen molar-refractivity contribution < 1.29 is 29.2 Å². The fourth-order valence-electron chi connectivity index (χ4n) is 7.60. The van der Waals surface area contributed by atoms with Gasteiger partial charge >= 0.3 is 5.97 Å². The molecule has 3 N–H and O–H groups in total. The summed E-state index contributed by atoms with van der Waals surface area (Å²) in [4.78, 5) is 21.3. The predicted octanol–water partition coefficient (Wildman–Crippen LogP) is 8.70. The van der Waals surface area contributed by atoms with Gasteiger partial charge < -0.3 is 39.5 Å². The number of fused-ring (bicyclic) bond motifs is 1. The van der Waals surface area contributed by atoms with Gasteiger partial charge in [0.25, 0.3) is 0 Å². The molecular formula is C45H82N4O6. The molecule has 0 bridgehead atoms. The van der Waals surface area contributed by atoms with Crippen molar-refractivity contribution in [3.05, 3.63) is 36.0 Å². The number of cyclic esters (lactones) is 1. The van der Waals surface area contributed by atoms with Gasteiger partial charge in [-0.15, -0.1) is 0 Å². The summed E-state index contributed by atoms with van der Waals surface area (Å²) in [6.45, 7) is 23.4. The highest BCUT2D eigenvalue weighted by Gasteiger charge is 2.30. The Morgan fingerprint density at radius 3 is 2.40 bits per heavy atom. The Kier molecular flexibility index (Phi) is 24.5. The molecule has 9 atom stereocenters. The first kappa shape index (κ1) is 50.7. The van der Waals surface area contributed by atoms with E-state index in [2.05, 4.69) is 80.0 Å². The molecule has 0 amide bonds. The first-order valence-corrected chi connectivity index (χ1v) is 21.2. The van der Waals surface area contributed by atoms with Crippen LogP contribution in [-0.2, 0) is 19.0 Å². The van der Waals surface area contributed by atoms with Crippen LogP contribution in [0.2, 0.25) is 0 Å². The van der Waals surface area contributed by atoms with Crippen LogP contribution in [0.25, 0.3) is 10.9 Å². The zero-order chi connectivity index (χ0) is 41.7. The van der Waals surface area contributed by atoms with Crippen LogP contribution < -0.4 is 5.32 Å². The number of nitrogens with one attached hydrogen (secondary N) is 1. The van der Waals surface area contributed by atoms with Gasteiger partial charge in [0.15, 0.2) is 6.29 Å². The highest BCUT2D eigenvalue weighted by molar-refractivity contribution is 5.91. The molecule has 2 aliphatic heterocycles. The maximum Gasteiger partial charge on any atom is 0.308 e. The molecule has 7 unspecified atom stereocenters. The van der Waals surface area contributed by atoms with Crippen LogP contribution >= 0.6 is 0 Å². The normalized spacial score (nSPS) is 29.9. The Balaban J connectivity index is 0.000000433. The zero-order valence-electron chi connectivity index (χ0n) is 37.4. The second-order valence-corrected chi connectivity index (χ2v) is 16.6. The average molecular weight is 775 g/mol. The number of methoxy groups -OCH3 is 1. The van der Waals surface area contributed by atoms with Crippen LogP contribution in [0.3, 0.4) is 0 Å². The molecule has 10 heteroatoms. The van der Waals surface area contributed by atoms with E-state index in [-0.39, 0.29) is 24.1 Å². The van der Waals surface area contributed by atoms with Gasteiger partial charge in [-0.05, 0) is 130 Å². The van der Waals surface area contributed by atoms with Crippen molar-refractivity contribution >= 4 is 22.6 Å². The Bertz CT molecular complexity index is 1320. The van der Waals surface area contributed by atoms with Crippen LogP contribution in [0.1, 0.15) is 126 Å². The molecule has 10 nitrogen and oxygen atoms in total. The Morgan fingerprint density at radius 1 is 1.09 bits per heavy atom. The number of carbonyl (C=O) groups excluding carboxylic acids is 1. The summed E-state index contributed by atoms with van der Waals surface area (Å²) in [7, 11) is 7.96. The van der Waals surface area contributed by atoms with Gasteiger partial charge in [-0.25, -0.2) is 0 Å². The predicted molar refractivity (Wildman–Crippen MR) is 230 cm³/mol. The fraction of sp³-hybridized carbons (Fsp3) is 0.778. The minimum atomic E-state index is -0.660. The van der Waals surface area contributed by atoms with Crippen LogP contribution in [0.15, 0.2) is 30.5 Å². The number of hydrogen-bond donors (Lipinski definition) is 3. The molecule has 2 saturated heterocycles. The molecule has 318 valence electrons. The van der Waals surface area contributed by atoms with E-state index in [1.807, 2.05) is 61.0 Å². The van der Waals surface area contributed by atoms with E-state index < -0.39 is 11.9 Å². The second kappa shape index (κ2) is 26.6. The summed E-state index contributed by atoms with van der Waals surface area (Å²) >= 11 is 0. The molecule has 0 radical (unpaired) electrons. The van der Waals surface area contributed by atoms with Crippen molar-refractivity contribution in [3.63, 3.8) is 0 Å². The minimum absolute atomic E-state index is 0.00328. The van der Waals surface area contributed by atoms with E-state index in [9.17, 15) is 15.0 Å². The van der Waals surface area contributed by atoms with Crippen LogP contribution in [0.5, 0.6) is 0 Å². The number of ether oxygens (including phenoxy) is 3. The van der Waals surface area contributed by atoms with Gasteiger partial charge in [-0.3, -0.25) is 9.78 Å². The highest BCUT2D eigenvalue weighted by atomic mass is 16.6. The molecular weight excluding hydrogens is 693 g/mol. The van der Waals surface area contributed by atoms with Gasteiger partial charge in [0.05, 0.1) is 23.1 Å². The number of benzene rings is 1. The summed E-state index contributed by atoms with van der Waals surface area (Å²) in [6, 6.07) is 9.26. The number of pyridine rings is 1. The lowest BCUT2D eigenvalue weighted by atomic mass is 9.87. The number of anilines is 1. The lowest BCUT2D eigenvalue weighted by Crippen LogP contribution is -2.41. The molecule has 2 aliphatic rings. The lowest BCUT2D eigenvalue weighted by Gasteiger charge is -2.34. The third-order valence-corrected chi connectivity index (χ3v) is 10.8. The SMILES string of the molecule is CC.CC1CC(N(C)C)CC(O)O1.CC[C@H]1OC(=O)C(C)CCCC(C)(O)C[C@@H](C)CN(C)C(C)CC1C.COCCCNc1ccnc2cc(C)ccc12. The van der Waals surface area contributed by atoms with E-state index >= 15 is 0 Å². The number of hydrogen-bond acceptors (Lipinski definition) is 10. The van der Waals surface area contributed by atoms with Crippen molar-refractivity contribution in [1.82, 2.24) is 14.8 Å². The van der Waals surface area contributed by atoms with Crippen LogP contribution in [0.4, 0.5) is 5.69 Å². The first-order chi connectivity index (χ1) is 26.0. The summed E-state index contributed by atoms with van der Waals surface area (Å²) in [5.41, 5.74) is 2.77. The van der Waals surface area contributed by atoms with Crippen molar-refractivity contribution in [2.75, 3.05) is 53.3 Å². The Hall–Kier alpha value is -2.34. The third kappa shape index (κ3) is 19.6. The van der Waals surface area contributed by atoms with E-state index in [0.29, 0.717) is 23.9 Å². The number of esters is 1. The Morgan fingerprint density at radius 2 is 1.78 bits per heavy atom. The zero-order valence-corrected chi connectivity index (χ0v) is 37.4. The fourth-order valence-corrected chi connectivity index (χ4v) is 7.60. The van der Waals surface area contributed by atoms with E-state index in [1.165, 1.54) is 10.9 Å². The van der Waals surface area contributed by atoms with Crippen molar-refractivity contribution in [2.45, 2.75) is 163 Å². The monoisotopic (exact) mass is 775 g/mol. The van der Waals surface area contributed by atoms with Gasteiger partial charge in [-0.2, -0.15) is 0 Å². The molecule has 1 aromatic carbocycles. The molecule has 0 spiro atoms. The molecule has 1 aromatic heterocycles. The van der Waals surface area contributed by atoms with Gasteiger partial charge in [-0.1, -0.05) is 53.7 Å². The second-order valence-electron chi connectivity index (χ2n) is 16.6. The van der Waals surface area contributed by atoms with E-state index in [0.717, 1.165) is 88.7 Å². The molecule has 4 rings (SSSR count). The number of aliphatic hydroxyl groups is 2. The maximum atomic E-state index is 12.4. The molecule has 0 aliphatic carbocycles. The number of rotatable bonds is 7. The third-order valence-electron chi connectivity index (χ3n) is 10.8. The van der Waals surface area contributed by atoms with Gasteiger partial charge in [0.1, 0.15) is 6.10 Å². The molecule has 2 fully saturated rings. The Labute approximate surface area is 336 Å². The van der Waals surface area contributed by atoms with Crippen molar-refractivity contribution in [3.8, 4) is 0 Å². The van der Waals surface area contributed by atoms with Crippen LogP contribution in [-0.4, -0.2) is 115 Å². The number of aliphatic hydroxyl groups excluding tert-OH is 1. The summed E-state index contributed by atoms with van der Waals surface area (Å²) in [5, 5.41) is 24.6. The minimum Gasteiger partial charge on any atom is -0.462 e. The summed E-state index contributed by atoms with van der Waals surface area (Å²) in [6.07, 6.45) is 9.28. The topological polar surface area (TPSA) is 117 Å². The van der Waals surface area contributed by atoms with Gasteiger partial charge in [0, 0.05) is 62.6 Å². The number of nitrogens with zero attached hydrogens (tertiary/aromatic N) is 3. The summed E-state index contributed by atoms with van der Waals surface area (Å²) < 4.78 is 16.1. The van der Waals surface area contributed by atoms with Crippen molar-refractivity contribution in [2.24, 2.45) is 17.8 Å². The van der Waals surface area contributed by atoms with Crippen LogP contribution in [0, 0.1) is 24.7 Å². The first-order valence-electron chi connectivity index (χ1n) is 21.2. The lowest BCUT2D eigenvalue weighted by molar-refractivity contribution is -0.172. The average Bonchev–Trinajstić information content (AvgIpc) is 3.12. The number of aromatic nitrogens is 1. The standard InChI is InChI=1S/C21H41NO3.C14H18N2O.C8H17NO2.C2H6/c1-8-19-17(4)12-18(5)22(7)14-15(2)13-21(6,24)11-9-10-16(3)20(23)25-19;1-11-4-5-12-13(15-7-3-9-17-2)6-8-16-14(12)10-11;1-6-4-7(9(2)3)5-8(10)11-6;1-2/h15-19,24H,8-14H2,1-7H3;4-6,8,10H,3,7,9H2,1-2H3,(H,15,16);6-8,10H,4-5H2,1-3H3;1-2H3/t15-,16?,17?,18?,19-,21?;;;/m1.../s1. The van der Waals surface area contributed by atoms with E-state index in [1.54, 1.807) is 7.11 Å². The van der Waals surface area contributed by atoms with Gasteiger partial charge in [0.2, 0.25) is 0 Å².